The van der Waals surface area contributed by atoms with Crippen LogP contribution in [-0.4, -0.2) is 70.7 Å². The minimum Gasteiger partial charge on any atom is -0.472 e. The number of rotatable bonds is 5. The van der Waals surface area contributed by atoms with Crippen LogP contribution >= 0.6 is 0 Å². The summed E-state index contributed by atoms with van der Waals surface area (Å²) in [5, 5.41) is 12.6. The molecule has 2 aromatic carbocycles. The molecular weight excluding hydrogens is 518 g/mol. The van der Waals surface area contributed by atoms with Crippen molar-refractivity contribution in [3.05, 3.63) is 89.1 Å². The van der Waals surface area contributed by atoms with Gasteiger partial charge in [-0.1, -0.05) is 24.8 Å². The van der Waals surface area contributed by atoms with Crippen molar-refractivity contribution in [3.8, 4) is 17.7 Å². The first-order chi connectivity index (χ1) is 19.1. The summed E-state index contributed by atoms with van der Waals surface area (Å²) in [5.74, 6) is 4.44. The van der Waals surface area contributed by atoms with Crippen LogP contribution in [0.2, 0.25) is 0 Å². The Kier molecular flexibility index (Phi) is 8.97. The maximum Gasteiger partial charge on any atom is 0.321 e. The number of amides is 3. The van der Waals surface area contributed by atoms with E-state index in [-0.39, 0.29) is 43.0 Å². The van der Waals surface area contributed by atoms with Crippen LogP contribution in [-0.2, 0) is 0 Å². The van der Waals surface area contributed by atoms with E-state index >= 15 is 0 Å². The van der Waals surface area contributed by atoms with E-state index in [1.165, 1.54) is 47.5 Å². The number of ether oxygens (including phenoxy) is 1. The number of carbonyl (C=O) groups is 2. The van der Waals surface area contributed by atoms with Gasteiger partial charge in [0.2, 0.25) is 5.88 Å². The molecule has 8 nitrogen and oxygen atoms in total. The smallest absolute Gasteiger partial charge is 0.321 e. The second-order valence-corrected chi connectivity index (χ2v) is 9.78. The highest BCUT2D eigenvalue weighted by atomic mass is 19.1. The summed E-state index contributed by atoms with van der Waals surface area (Å²) in [4.78, 5) is 33.7. The first-order valence-electron chi connectivity index (χ1n) is 12.8. The SMILES string of the molecule is CC(CO)N1C[C@H](C)[C@H](CN(C)C(=O)Nc2ccc(F)cc2)Oc2ncc(C#Cc3cccc(F)c3)cc2C1=O. The van der Waals surface area contributed by atoms with Gasteiger partial charge in [-0.05, 0) is 55.5 Å². The van der Waals surface area contributed by atoms with Crippen LogP contribution in [0.1, 0.15) is 35.3 Å². The number of fused-ring (bicyclic) bond motifs is 1. The Bertz CT molecular complexity index is 1440. The summed E-state index contributed by atoms with van der Waals surface area (Å²) in [5.41, 5.74) is 1.51. The molecule has 0 aliphatic carbocycles. The second-order valence-electron chi connectivity index (χ2n) is 9.78. The standard InChI is InChI=1S/C30H30F2N4O4/c1-19-16-36(20(2)18-37)29(38)26-14-22(8-7-21-5-4-6-24(32)13-21)15-33-28(26)40-27(19)17-35(3)30(39)34-25-11-9-23(31)10-12-25/h4-6,9-15,19-20,27,37H,16-18H2,1-3H3,(H,34,39)/t19-,20?,27-/m0/s1. The van der Waals surface area contributed by atoms with Gasteiger partial charge in [0, 0.05) is 42.5 Å². The maximum absolute atomic E-state index is 13.6. The van der Waals surface area contributed by atoms with Crippen LogP contribution in [0.25, 0.3) is 0 Å². The van der Waals surface area contributed by atoms with Crippen LogP contribution in [0.3, 0.4) is 0 Å². The van der Waals surface area contributed by atoms with Crippen molar-refractivity contribution in [2.24, 2.45) is 5.92 Å². The van der Waals surface area contributed by atoms with E-state index in [0.29, 0.717) is 16.8 Å². The number of nitrogens with zero attached hydrogens (tertiary/aromatic N) is 3. The van der Waals surface area contributed by atoms with Crippen molar-refractivity contribution in [3.63, 3.8) is 0 Å². The first-order valence-corrected chi connectivity index (χ1v) is 12.8. The molecule has 3 atom stereocenters. The highest BCUT2D eigenvalue weighted by molar-refractivity contribution is 5.97. The van der Waals surface area contributed by atoms with Gasteiger partial charge >= 0.3 is 6.03 Å². The number of likely N-dealkylation sites (N-methyl/N-ethyl adjacent to an activating group) is 1. The lowest BCUT2D eigenvalue weighted by Crippen LogP contribution is -2.50. The van der Waals surface area contributed by atoms with Crippen LogP contribution < -0.4 is 10.1 Å². The number of hydrogen-bond donors (Lipinski definition) is 2. The molecule has 1 aromatic heterocycles. The first kappa shape index (κ1) is 28.5. The molecule has 2 heterocycles. The van der Waals surface area contributed by atoms with Crippen LogP contribution in [0.4, 0.5) is 19.3 Å². The minimum absolute atomic E-state index is 0.0836. The van der Waals surface area contributed by atoms with Crippen molar-refractivity contribution in [1.29, 1.82) is 0 Å². The summed E-state index contributed by atoms with van der Waals surface area (Å²) >= 11 is 0. The van der Waals surface area contributed by atoms with E-state index in [4.69, 9.17) is 4.74 Å². The molecule has 0 saturated heterocycles. The summed E-state index contributed by atoms with van der Waals surface area (Å²) in [7, 11) is 1.60. The van der Waals surface area contributed by atoms with Crippen LogP contribution in [0, 0.1) is 29.4 Å². The van der Waals surface area contributed by atoms with Crippen molar-refractivity contribution < 1.29 is 28.2 Å². The molecule has 3 aromatic rings. The van der Waals surface area contributed by atoms with Gasteiger partial charge in [0.25, 0.3) is 5.91 Å². The second kappa shape index (κ2) is 12.6. The predicted octanol–water partition coefficient (Wildman–Crippen LogP) is 4.14. The summed E-state index contributed by atoms with van der Waals surface area (Å²) < 4.78 is 33.0. The molecule has 0 radical (unpaired) electrons. The van der Waals surface area contributed by atoms with Gasteiger partial charge in [0.1, 0.15) is 23.3 Å². The number of urea groups is 1. The van der Waals surface area contributed by atoms with Gasteiger partial charge < -0.3 is 25.0 Å². The fraction of sp³-hybridized carbons (Fsp3) is 0.300. The van der Waals surface area contributed by atoms with E-state index in [1.54, 1.807) is 37.1 Å². The number of pyridine rings is 1. The fourth-order valence-electron chi connectivity index (χ4n) is 4.20. The number of hydrogen-bond acceptors (Lipinski definition) is 5. The topological polar surface area (TPSA) is 95.0 Å². The van der Waals surface area contributed by atoms with E-state index < -0.39 is 29.8 Å². The number of aromatic nitrogens is 1. The van der Waals surface area contributed by atoms with E-state index in [9.17, 15) is 23.5 Å². The van der Waals surface area contributed by atoms with E-state index in [1.807, 2.05) is 6.92 Å². The Hall–Kier alpha value is -4.49. The molecule has 0 fully saturated rings. The zero-order chi connectivity index (χ0) is 28.8. The zero-order valence-corrected chi connectivity index (χ0v) is 22.4. The molecule has 10 heteroatoms. The number of carbonyl (C=O) groups excluding carboxylic acids is 2. The third-order valence-electron chi connectivity index (χ3n) is 6.59. The Balaban J connectivity index is 1.60. The number of halogens is 2. The molecule has 4 rings (SSSR count). The Morgan fingerprint density at radius 2 is 1.90 bits per heavy atom. The average molecular weight is 549 g/mol. The molecule has 40 heavy (non-hydrogen) atoms. The molecule has 1 aliphatic rings. The fourth-order valence-corrected chi connectivity index (χ4v) is 4.20. The number of nitrogens with one attached hydrogen (secondary N) is 1. The number of aliphatic hydroxyl groups is 1. The highest BCUT2D eigenvalue weighted by Gasteiger charge is 2.34. The third kappa shape index (κ3) is 6.93. The van der Waals surface area contributed by atoms with Gasteiger partial charge in [-0.3, -0.25) is 4.79 Å². The minimum atomic E-state index is -0.555. The van der Waals surface area contributed by atoms with Crippen molar-refractivity contribution in [2.45, 2.75) is 26.0 Å². The lowest BCUT2D eigenvalue weighted by molar-refractivity contribution is 0.0356. The van der Waals surface area contributed by atoms with Crippen molar-refractivity contribution in [2.75, 3.05) is 32.1 Å². The summed E-state index contributed by atoms with van der Waals surface area (Å²) in [6.45, 7) is 3.81. The third-order valence-corrected chi connectivity index (χ3v) is 6.59. The molecule has 208 valence electrons. The Morgan fingerprint density at radius 1 is 1.18 bits per heavy atom. The molecule has 2 N–H and O–H groups in total. The normalized spacial score (nSPS) is 17.4. The lowest BCUT2D eigenvalue weighted by Gasteiger charge is -2.37. The van der Waals surface area contributed by atoms with Crippen LogP contribution in [0.5, 0.6) is 5.88 Å². The Labute approximate surface area is 231 Å². The summed E-state index contributed by atoms with van der Waals surface area (Å²) in [6, 6.07) is 12.0. The maximum atomic E-state index is 13.6. The quantitative estimate of drug-likeness (QED) is 0.468. The van der Waals surface area contributed by atoms with E-state index in [0.717, 1.165) is 0 Å². The predicted molar refractivity (Wildman–Crippen MR) is 146 cm³/mol. The van der Waals surface area contributed by atoms with Gasteiger partial charge in [0.05, 0.1) is 19.2 Å². The van der Waals surface area contributed by atoms with Crippen molar-refractivity contribution >= 4 is 17.6 Å². The van der Waals surface area contributed by atoms with Gasteiger partial charge in [-0.2, -0.15) is 0 Å². The molecular formula is C30H30F2N4O4. The number of anilines is 1. The molecule has 3 amide bonds. The zero-order valence-electron chi connectivity index (χ0n) is 22.4. The van der Waals surface area contributed by atoms with Gasteiger partial charge in [-0.15, -0.1) is 0 Å². The average Bonchev–Trinajstić information content (AvgIpc) is 2.94. The number of benzene rings is 2. The molecule has 1 aliphatic heterocycles. The Morgan fingerprint density at radius 3 is 2.60 bits per heavy atom. The summed E-state index contributed by atoms with van der Waals surface area (Å²) in [6.07, 6.45) is 0.910. The van der Waals surface area contributed by atoms with E-state index in [2.05, 4.69) is 22.1 Å². The number of aliphatic hydroxyl groups excluding tert-OH is 1. The molecule has 1 unspecified atom stereocenters. The monoisotopic (exact) mass is 548 g/mol. The molecule has 0 spiro atoms. The highest BCUT2D eigenvalue weighted by Crippen LogP contribution is 2.27. The lowest BCUT2D eigenvalue weighted by atomic mass is 10.00. The van der Waals surface area contributed by atoms with Crippen LogP contribution in [0.15, 0.2) is 60.8 Å². The molecule has 0 bridgehead atoms. The molecule has 0 saturated carbocycles. The van der Waals surface area contributed by atoms with Gasteiger partial charge in [0.15, 0.2) is 0 Å². The van der Waals surface area contributed by atoms with Gasteiger partial charge in [-0.25, -0.2) is 18.6 Å². The van der Waals surface area contributed by atoms with Crippen molar-refractivity contribution in [1.82, 2.24) is 14.8 Å². The largest absolute Gasteiger partial charge is 0.472 e.